The van der Waals surface area contributed by atoms with Gasteiger partial charge in [-0.2, -0.15) is 17.0 Å². The summed E-state index contributed by atoms with van der Waals surface area (Å²) in [5, 5.41) is 17.6. The van der Waals surface area contributed by atoms with Crippen molar-refractivity contribution < 1.29 is 5.11 Å². The molecule has 2 unspecified atom stereocenters. The van der Waals surface area contributed by atoms with E-state index in [1.807, 2.05) is 17.8 Å². The Labute approximate surface area is 65.2 Å². The number of aliphatic hydroxyl groups excluding tert-OH is 1. The van der Waals surface area contributed by atoms with Crippen molar-refractivity contribution in [1.82, 2.24) is 0 Å². The van der Waals surface area contributed by atoms with E-state index in [1.165, 1.54) is 0 Å². The van der Waals surface area contributed by atoms with Crippen molar-refractivity contribution in [3.05, 3.63) is 0 Å². The van der Waals surface area contributed by atoms with Gasteiger partial charge in [0.1, 0.15) is 0 Å². The van der Waals surface area contributed by atoms with Gasteiger partial charge < -0.3 is 5.11 Å². The molecule has 56 valence electrons. The van der Waals surface area contributed by atoms with Crippen molar-refractivity contribution in [3.8, 4) is 6.07 Å². The highest BCUT2D eigenvalue weighted by Gasteiger charge is 2.22. The van der Waals surface area contributed by atoms with E-state index in [2.05, 4.69) is 0 Å². The van der Waals surface area contributed by atoms with Crippen LogP contribution in [0, 0.1) is 17.2 Å². The van der Waals surface area contributed by atoms with Crippen molar-refractivity contribution in [2.24, 2.45) is 5.92 Å². The molecule has 0 aliphatic carbocycles. The molecule has 0 amide bonds. The van der Waals surface area contributed by atoms with E-state index in [0.29, 0.717) is 12.3 Å². The maximum absolute atomic E-state index is 9.31. The highest BCUT2D eigenvalue weighted by atomic mass is 32.2. The Kier molecular flexibility index (Phi) is 3.04. The molecule has 0 bridgehead atoms. The Balaban J connectivity index is 2.26. The second kappa shape index (κ2) is 3.85. The normalized spacial score (nSPS) is 27.8. The second-order valence-electron chi connectivity index (χ2n) is 2.55. The van der Waals surface area contributed by atoms with E-state index in [4.69, 9.17) is 5.26 Å². The summed E-state index contributed by atoms with van der Waals surface area (Å²) in [5.74, 6) is 2.56. The van der Waals surface area contributed by atoms with E-state index in [0.717, 1.165) is 17.9 Å². The third-order valence-electron chi connectivity index (χ3n) is 1.81. The van der Waals surface area contributed by atoms with Crippen LogP contribution in [0.1, 0.15) is 12.8 Å². The lowest BCUT2D eigenvalue weighted by molar-refractivity contribution is 0.124. The molecule has 2 atom stereocenters. The quantitative estimate of drug-likeness (QED) is 0.650. The van der Waals surface area contributed by atoms with Crippen molar-refractivity contribution in [1.29, 1.82) is 5.26 Å². The van der Waals surface area contributed by atoms with Crippen molar-refractivity contribution >= 4 is 11.8 Å². The molecule has 0 radical (unpaired) electrons. The van der Waals surface area contributed by atoms with Crippen LogP contribution in [0.15, 0.2) is 0 Å². The number of nitrogens with zero attached hydrogens (tertiary/aromatic N) is 1. The largest absolute Gasteiger partial charge is 0.392 e. The molecule has 0 saturated carbocycles. The number of aliphatic hydroxyl groups is 1. The van der Waals surface area contributed by atoms with E-state index in [1.54, 1.807) is 0 Å². The van der Waals surface area contributed by atoms with E-state index < -0.39 is 0 Å². The molecular weight excluding hydrogens is 146 g/mol. The van der Waals surface area contributed by atoms with Crippen LogP contribution in [0.5, 0.6) is 0 Å². The maximum atomic E-state index is 9.31. The maximum Gasteiger partial charge on any atom is 0.0706 e. The molecule has 1 N–H and O–H groups in total. The third-order valence-corrected chi connectivity index (χ3v) is 3.00. The Hall–Kier alpha value is -0.200. The van der Waals surface area contributed by atoms with Gasteiger partial charge in [0.05, 0.1) is 18.6 Å². The van der Waals surface area contributed by atoms with Gasteiger partial charge in [0.25, 0.3) is 0 Å². The Bertz CT molecular complexity index is 137. The summed E-state index contributed by atoms with van der Waals surface area (Å²) < 4.78 is 0. The summed E-state index contributed by atoms with van der Waals surface area (Å²) in [6.07, 6.45) is 0.999. The first-order chi connectivity index (χ1) is 4.84. The van der Waals surface area contributed by atoms with Gasteiger partial charge in [-0.1, -0.05) is 0 Å². The van der Waals surface area contributed by atoms with Gasteiger partial charge in [0.2, 0.25) is 0 Å². The summed E-state index contributed by atoms with van der Waals surface area (Å²) in [7, 11) is 0. The number of nitriles is 1. The SMILES string of the molecule is N#CCC(O)C1CCSC1. The molecule has 1 aliphatic heterocycles. The van der Waals surface area contributed by atoms with Crippen LogP contribution in [-0.2, 0) is 0 Å². The van der Waals surface area contributed by atoms with Crippen LogP contribution in [0.25, 0.3) is 0 Å². The van der Waals surface area contributed by atoms with Gasteiger partial charge in [-0.25, -0.2) is 0 Å². The molecule has 10 heavy (non-hydrogen) atoms. The number of hydrogen-bond donors (Lipinski definition) is 1. The summed E-state index contributed by atoms with van der Waals surface area (Å²) >= 11 is 1.87. The molecule has 0 spiro atoms. The van der Waals surface area contributed by atoms with Crippen LogP contribution in [0.4, 0.5) is 0 Å². The minimum absolute atomic E-state index is 0.297. The predicted octanol–water partition coefficient (Wildman–Crippen LogP) is 1.01. The average Bonchev–Trinajstić information content (AvgIpc) is 2.38. The van der Waals surface area contributed by atoms with Gasteiger partial charge in [0.15, 0.2) is 0 Å². The highest BCUT2D eigenvalue weighted by molar-refractivity contribution is 7.99. The van der Waals surface area contributed by atoms with E-state index in [9.17, 15) is 5.11 Å². The summed E-state index contributed by atoms with van der Waals surface area (Å²) in [5.41, 5.74) is 0. The topological polar surface area (TPSA) is 44.0 Å². The summed E-state index contributed by atoms with van der Waals surface area (Å²) in [4.78, 5) is 0. The van der Waals surface area contributed by atoms with Gasteiger partial charge in [-0.3, -0.25) is 0 Å². The van der Waals surface area contributed by atoms with Crippen LogP contribution in [0.2, 0.25) is 0 Å². The third kappa shape index (κ3) is 1.89. The molecule has 1 saturated heterocycles. The van der Waals surface area contributed by atoms with E-state index >= 15 is 0 Å². The zero-order chi connectivity index (χ0) is 7.40. The Morgan fingerprint density at radius 2 is 2.60 bits per heavy atom. The monoisotopic (exact) mass is 157 g/mol. The van der Waals surface area contributed by atoms with Crippen molar-refractivity contribution in [3.63, 3.8) is 0 Å². The molecule has 1 fully saturated rings. The van der Waals surface area contributed by atoms with Crippen molar-refractivity contribution in [2.45, 2.75) is 18.9 Å². The number of rotatable bonds is 2. The minimum atomic E-state index is -0.375. The lowest BCUT2D eigenvalue weighted by atomic mass is 10.0. The number of thioether (sulfide) groups is 1. The molecule has 1 aliphatic rings. The summed E-state index contributed by atoms with van der Waals surface area (Å²) in [6, 6.07) is 1.99. The fourth-order valence-corrected chi connectivity index (χ4v) is 2.44. The lowest BCUT2D eigenvalue weighted by Crippen LogP contribution is -2.18. The van der Waals surface area contributed by atoms with Crippen LogP contribution < -0.4 is 0 Å². The molecular formula is C7H11NOS. The second-order valence-corrected chi connectivity index (χ2v) is 3.70. The van der Waals surface area contributed by atoms with Gasteiger partial charge >= 0.3 is 0 Å². The zero-order valence-corrected chi connectivity index (χ0v) is 6.60. The Morgan fingerprint density at radius 1 is 1.80 bits per heavy atom. The van der Waals surface area contributed by atoms with Gasteiger partial charge in [-0.05, 0) is 23.8 Å². The van der Waals surface area contributed by atoms with Gasteiger partial charge in [0, 0.05) is 0 Å². The first-order valence-electron chi connectivity index (χ1n) is 3.47. The fourth-order valence-electron chi connectivity index (χ4n) is 1.12. The molecule has 2 nitrogen and oxygen atoms in total. The molecule has 0 aromatic carbocycles. The molecule has 3 heteroatoms. The first kappa shape index (κ1) is 7.90. The average molecular weight is 157 g/mol. The van der Waals surface area contributed by atoms with E-state index in [-0.39, 0.29) is 6.10 Å². The first-order valence-corrected chi connectivity index (χ1v) is 4.63. The zero-order valence-electron chi connectivity index (χ0n) is 5.79. The van der Waals surface area contributed by atoms with Crippen molar-refractivity contribution in [2.75, 3.05) is 11.5 Å². The highest BCUT2D eigenvalue weighted by Crippen LogP contribution is 2.27. The molecule has 1 heterocycles. The smallest absolute Gasteiger partial charge is 0.0706 e. The predicted molar refractivity (Wildman–Crippen MR) is 41.7 cm³/mol. The fraction of sp³-hybridized carbons (Fsp3) is 0.857. The molecule has 0 aromatic rings. The van der Waals surface area contributed by atoms with Crippen LogP contribution in [0.3, 0.4) is 0 Å². The standard InChI is InChI=1S/C7H11NOS/c8-3-1-7(9)6-2-4-10-5-6/h6-7,9H,1-2,4-5H2. The minimum Gasteiger partial charge on any atom is -0.392 e. The number of hydrogen-bond acceptors (Lipinski definition) is 3. The molecule has 1 rings (SSSR count). The lowest BCUT2D eigenvalue weighted by Gasteiger charge is -2.12. The molecule has 0 aromatic heterocycles. The van der Waals surface area contributed by atoms with Crippen LogP contribution in [-0.4, -0.2) is 22.7 Å². The Morgan fingerprint density at radius 3 is 3.10 bits per heavy atom. The summed E-state index contributed by atoms with van der Waals surface area (Å²) in [6.45, 7) is 0. The van der Waals surface area contributed by atoms with Crippen LogP contribution >= 0.6 is 11.8 Å². The van der Waals surface area contributed by atoms with Gasteiger partial charge in [-0.15, -0.1) is 0 Å².